The number of rotatable bonds is 7. The van der Waals surface area contributed by atoms with Crippen LogP contribution < -0.4 is 5.32 Å². The Morgan fingerprint density at radius 2 is 2.30 bits per heavy atom. The van der Waals surface area contributed by atoms with Gasteiger partial charge in [-0.1, -0.05) is 28.9 Å². The first-order chi connectivity index (χ1) is 9.70. The first-order valence-corrected chi connectivity index (χ1v) is 6.52. The highest BCUT2D eigenvalue weighted by Crippen LogP contribution is 2.19. The Bertz CT molecular complexity index is 562. The molecule has 0 spiro atoms. The van der Waals surface area contributed by atoms with Crippen molar-refractivity contribution < 1.29 is 13.7 Å². The fraction of sp³-hybridized carbons (Fsp3) is 0.385. The summed E-state index contributed by atoms with van der Waals surface area (Å²) in [4.78, 5) is 4.18. The molecule has 0 aliphatic heterocycles. The molecule has 1 aromatic carbocycles. The smallest absolute Gasteiger partial charge is 0.240 e. The second-order valence-electron chi connectivity index (χ2n) is 4.16. The van der Waals surface area contributed by atoms with Gasteiger partial charge in [0.15, 0.2) is 5.82 Å². The standard InChI is InChI=1S/C13H15ClFN3O2/c1-19-6-5-16-8-12-17-11(18-20-12)7-9-3-2-4-10(14)13(9)15/h2-4,16H,5-8H2,1H3. The van der Waals surface area contributed by atoms with Gasteiger partial charge in [0.1, 0.15) is 5.82 Å². The molecule has 1 heterocycles. The summed E-state index contributed by atoms with van der Waals surface area (Å²) in [5, 5.41) is 6.99. The van der Waals surface area contributed by atoms with E-state index in [0.29, 0.717) is 37.0 Å². The Balaban J connectivity index is 1.94. The Kier molecular flexibility index (Phi) is 5.46. The molecule has 1 aromatic heterocycles. The van der Waals surface area contributed by atoms with Crippen molar-refractivity contribution in [1.29, 1.82) is 0 Å². The minimum atomic E-state index is -0.446. The monoisotopic (exact) mass is 299 g/mol. The van der Waals surface area contributed by atoms with Crippen LogP contribution in [0.25, 0.3) is 0 Å². The number of aromatic nitrogens is 2. The largest absolute Gasteiger partial charge is 0.383 e. The van der Waals surface area contributed by atoms with E-state index in [4.69, 9.17) is 20.9 Å². The summed E-state index contributed by atoms with van der Waals surface area (Å²) in [7, 11) is 1.63. The van der Waals surface area contributed by atoms with Crippen molar-refractivity contribution in [2.24, 2.45) is 0 Å². The van der Waals surface area contributed by atoms with Crippen LogP contribution in [0, 0.1) is 5.82 Å². The summed E-state index contributed by atoms with van der Waals surface area (Å²) in [5.41, 5.74) is 0.442. The minimum Gasteiger partial charge on any atom is -0.383 e. The maximum atomic E-state index is 13.7. The van der Waals surface area contributed by atoms with Gasteiger partial charge in [-0.3, -0.25) is 0 Å². The second-order valence-corrected chi connectivity index (χ2v) is 4.57. The van der Waals surface area contributed by atoms with E-state index in [0.717, 1.165) is 0 Å². The van der Waals surface area contributed by atoms with Gasteiger partial charge in [0.05, 0.1) is 18.2 Å². The molecule has 0 aliphatic carbocycles. The molecule has 0 aliphatic rings. The number of nitrogens with one attached hydrogen (secondary N) is 1. The zero-order valence-corrected chi connectivity index (χ0v) is 11.8. The van der Waals surface area contributed by atoms with Crippen LogP contribution in [-0.2, 0) is 17.7 Å². The zero-order valence-electron chi connectivity index (χ0n) is 11.0. The molecule has 0 amide bonds. The van der Waals surface area contributed by atoms with E-state index in [1.165, 1.54) is 6.07 Å². The maximum absolute atomic E-state index is 13.7. The lowest BCUT2D eigenvalue weighted by Crippen LogP contribution is -2.18. The summed E-state index contributed by atoms with van der Waals surface area (Å²) in [5.74, 6) is 0.437. The molecule has 0 radical (unpaired) electrons. The third kappa shape index (κ3) is 4.00. The van der Waals surface area contributed by atoms with Gasteiger partial charge in [-0.2, -0.15) is 4.98 Å². The van der Waals surface area contributed by atoms with Crippen LogP contribution in [0.5, 0.6) is 0 Å². The molecule has 0 bridgehead atoms. The van der Waals surface area contributed by atoms with Crippen LogP contribution in [0.3, 0.4) is 0 Å². The van der Waals surface area contributed by atoms with E-state index in [9.17, 15) is 4.39 Å². The fourth-order valence-corrected chi connectivity index (χ4v) is 1.85. The highest BCUT2D eigenvalue weighted by atomic mass is 35.5. The average molecular weight is 300 g/mol. The third-order valence-corrected chi connectivity index (χ3v) is 2.94. The number of halogens is 2. The van der Waals surface area contributed by atoms with Crippen LogP contribution in [0.15, 0.2) is 22.7 Å². The quantitative estimate of drug-likeness (QED) is 0.794. The van der Waals surface area contributed by atoms with Gasteiger partial charge in [0, 0.05) is 20.1 Å². The summed E-state index contributed by atoms with van der Waals surface area (Å²) >= 11 is 5.72. The van der Waals surface area contributed by atoms with Crippen molar-refractivity contribution in [2.45, 2.75) is 13.0 Å². The molecule has 1 N–H and O–H groups in total. The molecular formula is C13H15ClFN3O2. The number of hydrogen-bond acceptors (Lipinski definition) is 5. The molecule has 5 nitrogen and oxygen atoms in total. The average Bonchev–Trinajstić information content (AvgIpc) is 2.88. The lowest BCUT2D eigenvalue weighted by molar-refractivity contribution is 0.197. The van der Waals surface area contributed by atoms with Crippen LogP contribution >= 0.6 is 11.6 Å². The Labute approximate surface area is 121 Å². The number of nitrogens with zero attached hydrogens (tertiary/aromatic N) is 2. The number of ether oxygens (including phenoxy) is 1. The number of hydrogen-bond donors (Lipinski definition) is 1. The lowest BCUT2D eigenvalue weighted by Gasteiger charge is -2.00. The predicted molar refractivity (Wildman–Crippen MR) is 72.1 cm³/mol. The summed E-state index contributed by atoms with van der Waals surface area (Å²) in [6.45, 7) is 1.75. The van der Waals surface area contributed by atoms with Gasteiger partial charge in [-0.25, -0.2) is 4.39 Å². The SMILES string of the molecule is COCCNCc1nc(Cc2cccc(Cl)c2F)no1. The fourth-order valence-electron chi connectivity index (χ4n) is 1.66. The van der Waals surface area contributed by atoms with E-state index in [1.807, 2.05) is 0 Å². The van der Waals surface area contributed by atoms with Gasteiger partial charge in [0.25, 0.3) is 0 Å². The number of benzene rings is 1. The van der Waals surface area contributed by atoms with Crippen LogP contribution in [0.1, 0.15) is 17.3 Å². The Hall–Kier alpha value is -1.50. The van der Waals surface area contributed by atoms with Crippen molar-refractivity contribution in [3.63, 3.8) is 0 Å². The molecule has 0 saturated carbocycles. The highest BCUT2D eigenvalue weighted by molar-refractivity contribution is 6.30. The summed E-state index contributed by atoms with van der Waals surface area (Å²) < 4.78 is 23.7. The van der Waals surface area contributed by atoms with E-state index in [2.05, 4.69) is 15.5 Å². The zero-order chi connectivity index (χ0) is 14.4. The van der Waals surface area contributed by atoms with Crippen LogP contribution in [-0.4, -0.2) is 30.4 Å². The molecule has 0 atom stereocenters. The first-order valence-electron chi connectivity index (χ1n) is 6.14. The van der Waals surface area contributed by atoms with Gasteiger partial charge in [0.2, 0.25) is 5.89 Å². The van der Waals surface area contributed by atoms with Gasteiger partial charge in [-0.15, -0.1) is 0 Å². The predicted octanol–water partition coefficient (Wildman–Crippen LogP) is 2.19. The maximum Gasteiger partial charge on any atom is 0.240 e. The van der Waals surface area contributed by atoms with Crippen molar-refractivity contribution in [3.05, 3.63) is 46.3 Å². The third-order valence-electron chi connectivity index (χ3n) is 2.65. The van der Waals surface area contributed by atoms with E-state index >= 15 is 0 Å². The first kappa shape index (κ1) is 14.9. The van der Waals surface area contributed by atoms with Crippen LogP contribution in [0.2, 0.25) is 5.02 Å². The van der Waals surface area contributed by atoms with Crippen LogP contribution in [0.4, 0.5) is 4.39 Å². The molecule has 108 valence electrons. The van der Waals surface area contributed by atoms with E-state index in [-0.39, 0.29) is 11.4 Å². The summed E-state index contributed by atoms with van der Waals surface area (Å²) in [6.07, 6.45) is 0.244. The van der Waals surface area contributed by atoms with Crippen molar-refractivity contribution in [3.8, 4) is 0 Å². The molecule has 0 fully saturated rings. The summed E-state index contributed by atoms with van der Waals surface area (Å²) in [6, 6.07) is 4.84. The Morgan fingerprint density at radius 1 is 1.45 bits per heavy atom. The molecule has 2 rings (SSSR count). The molecule has 2 aromatic rings. The normalized spacial score (nSPS) is 10.9. The number of methoxy groups -OCH3 is 1. The van der Waals surface area contributed by atoms with Gasteiger partial charge >= 0.3 is 0 Å². The topological polar surface area (TPSA) is 60.2 Å². The molecule has 7 heteroatoms. The second kappa shape index (κ2) is 7.33. The highest BCUT2D eigenvalue weighted by Gasteiger charge is 2.11. The lowest BCUT2D eigenvalue weighted by atomic mass is 10.1. The van der Waals surface area contributed by atoms with Gasteiger partial charge < -0.3 is 14.6 Å². The van der Waals surface area contributed by atoms with Crippen molar-refractivity contribution in [2.75, 3.05) is 20.3 Å². The van der Waals surface area contributed by atoms with E-state index < -0.39 is 5.82 Å². The molecule has 0 unspecified atom stereocenters. The minimum absolute atomic E-state index is 0.0902. The van der Waals surface area contributed by atoms with Crippen molar-refractivity contribution >= 4 is 11.6 Å². The van der Waals surface area contributed by atoms with E-state index in [1.54, 1.807) is 19.2 Å². The Morgan fingerprint density at radius 3 is 3.10 bits per heavy atom. The molecule has 20 heavy (non-hydrogen) atoms. The van der Waals surface area contributed by atoms with Crippen molar-refractivity contribution in [1.82, 2.24) is 15.5 Å². The molecule has 0 saturated heterocycles. The van der Waals surface area contributed by atoms with Gasteiger partial charge in [-0.05, 0) is 11.6 Å². The molecular weight excluding hydrogens is 285 g/mol.